The van der Waals surface area contributed by atoms with Crippen molar-refractivity contribution in [3.8, 4) is 0 Å². The van der Waals surface area contributed by atoms with Crippen LogP contribution in [0, 0.1) is 5.82 Å². The van der Waals surface area contributed by atoms with E-state index in [1.165, 1.54) is 11.0 Å². The largest absolute Gasteiger partial charge is 0.480 e. The highest BCUT2D eigenvalue weighted by Crippen LogP contribution is 2.25. The summed E-state index contributed by atoms with van der Waals surface area (Å²) < 4.78 is 13.7. The third kappa shape index (κ3) is 2.98. The topological polar surface area (TPSA) is 57.6 Å². The van der Waals surface area contributed by atoms with Crippen molar-refractivity contribution in [1.82, 2.24) is 4.90 Å². The highest BCUT2D eigenvalue weighted by atomic mass is 19.1. The van der Waals surface area contributed by atoms with Gasteiger partial charge in [-0.2, -0.15) is 0 Å². The molecule has 1 heterocycles. The molecule has 0 aliphatic carbocycles. The maximum atomic E-state index is 13.7. The molecular formula is C15H18FNO3. The highest BCUT2D eigenvalue weighted by molar-refractivity contribution is 5.84. The molecule has 1 N–H and O–H groups in total. The van der Waals surface area contributed by atoms with Crippen LogP contribution >= 0.6 is 0 Å². The molecule has 0 radical (unpaired) electrons. The summed E-state index contributed by atoms with van der Waals surface area (Å²) in [7, 11) is 0. The average Bonchev–Trinajstić information content (AvgIpc) is 2.88. The van der Waals surface area contributed by atoms with Crippen LogP contribution in [0.2, 0.25) is 0 Å². The van der Waals surface area contributed by atoms with Crippen molar-refractivity contribution in [2.75, 3.05) is 6.54 Å². The number of rotatable bonds is 4. The van der Waals surface area contributed by atoms with Gasteiger partial charge < -0.3 is 10.0 Å². The van der Waals surface area contributed by atoms with Crippen molar-refractivity contribution in [2.24, 2.45) is 0 Å². The van der Waals surface area contributed by atoms with Gasteiger partial charge >= 0.3 is 5.97 Å². The molecule has 2 rings (SSSR count). The van der Waals surface area contributed by atoms with E-state index in [0.29, 0.717) is 24.9 Å². The second-order valence-electron chi connectivity index (χ2n) is 5.21. The SMILES string of the molecule is CC(CC(=O)N1CCC[C@H]1C(=O)O)c1ccccc1F. The molecule has 2 atom stereocenters. The molecule has 108 valence electrons. The van der Waals surface area contributed by atoms with E-state index in [1.807, 2.05) is 0 Å². The number of nitrogens with zero attached hydrogens (tertiary/aromatic N) is 1. The minimum atomic E-state index is -0.964. The third-order valence-electron chi connectivity index (χ3n) is 3.78. The summed E-state index contributed by atoms with van der Waals surface area (Å²) >= 11 is 0. The Labute approximate surface area is 117 Å². The maximum Gasteiger partial charge on any atom is 0.326 e. The zero-order valence-corrected chi connectivity index (χ0v) is 11.4. The number of carboxylic acids is 1. The van der Waals surface area contributed by atoms with Gasteiger partial charge in [0.05, 0.1) is 0 Å². The number of hydrogen-bond acceptors (Lipinski definition) is 2. The van der Waals surface area contributed by atoms with Crippen LogP contribution in [0.5, 0.6) is 0 Å². The van der Waals surface area contributed by atoms with Gasteiger partial charge in [-0.15, -0.1) is 0 Å². The predicted octanol–water partition coefficient (Wildman–Crippen LogP) is 2.39. The molecule has 1 unspecified atom stereocenters. The fraction of sp³-hybridized carbons (Fsp3) is 0.467. The molecular weight excluding hydrogens is 261 g/mol. The smallest absolute Gasteiger partial charge is 0.326 e. The number of benzene rings is 1. The number of carboxylic acid groups (broad SMARTS) is 1. The molecule has 4 nitrogen and oxygen atoms in total. The summed E-state index contributed by atoms with van der Waals surface area (Å²) in [5, 5.41) is 9.07. The van der Waals surface area contributed by atoms with Crippen molar-refractivity contribution >= 4 is 11.9 Å². The number of carbonyl (C=O) groups is 2. The molecule has 20 heavy (non-hydrogen) atoms. The van der Waals surface area contributed by atoms with E-state index in [0.717, 1.165) is 0 Å². The predicted molar refractivity (Wildman–Crippen MR) is 71.8 cm³/mol. The monoisotopic (exact) mass is 279 g/mol. The van der Waals surface area contributed by atoms with E-state index >= 15 is 0 Å². The Hall–Kier alpha value is -1.91. The van der Waals surface area contributed by atoms with Crippen LogP contribution in [-0.4, -0.2) is 34.5 Å². The lowest BCUT2D eigenvalue weighted by Gasteiger charge is -2.23. The van der Waals surface area contributed by atoms with Gasteiger partial charge in [0.1, 0.15) is 11.9 Å². The van der Waals surface area contributed by atoms with Gasteiger partial charge in [-0.3, -0.25) is 4.79 Å². The second-order valence-corrected chi connectivity index (χ2v) is 5.21. The van der Waals surface area contributed by atoms with E-state index < -0.39 is 12.0 Å². The first-order valence-corrected chi connectivity index (χ1v) is 6.77. The fourth-order valence-corrected chi connectivity index (χ4v) is 2.69. The maximum absolute atomic E-state index is 13.7. The van der Waals surface area contributed by atoms with Gasteiger partial charge in [0.2, 0.25) is 5.91 Å². The zero-order chi connectivity index (χ0) is 14.7. The van der Waals surface area contributed by atoms with Crippen LogP contribution < -0.4 is 0 Å². The van der Waals surface area contributed by atoms with E-state index in [-0.39, 0.29) is 24.1 Å². The number of halogens is 1. The van der Waals surface area contributed by atoms with Gasteiger partial charge in [0.15, 0.2) is 0 Å². The van der Waals surface area contributed by atoms with Crippen molar-refractivity contribution in [1.29, 1.82) is 0 Å². The van der Waals surface area contributed by atoms with E-state index in [1.54, 1.807) is 25.1 Å². The van der Waals surface area contributed by atoms with Crippen LogP contribution in [0.25, 0.3) is 0 Å². The number of hydrogen-bond donors (Lipinski definition) is 1. The number of amides is 1. The average molecular weight is 279 g/mol. The van der Waals surface area contributed by atoms with E-state index in [9.17, 15) is 14.0 Å². The third-order valence-corrected chi connectivity index (χ3v) is 3.78. The second kappa shape index (κ2) is 6.03. The van der Waals surface area contributed by atoms with E-state index in [2.05, 4.69) is 0 Å². The summed E-state index contributed by atoms with van der Waals surface area (Å²) in [5.41, 5.74) is 0.493. The van der Waals surface area contributed by atoms with Crippen LogP contribution in [0.15, 0.2) is 24.3 Å². The summed E-state index contributed by atoms with van der Waals surface area (Å²) in [5.74, 6) is -1.78. The van der Waals surface area contributed by atoms with Gasteiger partial charge in [0.25, 0.3) is 0 Å². The lowest BCUT2D eigenvalue weighted by Crippen LogP contribution is -2.40. The summed E-state index contributed by atoms with van der Waals surface area (Å²) in [6.45, 7) is 2.25. The van der Waals surface area contributed by atoms with Gasteiger partial charge in [-0.1, -0.05) is 25.1 Å². The summed E-state index contributed by atoms with van der Waals surface area (Å²) in [6, 6.07) is 5.64. The molecule has 0 bridgehead atoms. The molecule has 5 heteroatoms. The molecule has 1 aliphatic rings. The van der Waals surface area contributed by atoms with Crippen molar-refractivity contribution in [2.45, 2.75) is 38.1 Å². The standard InChI is InChI=1S/C15H18FNO3/c1-10(11-5-2-3-6-12(11)16)9-14(18)17-8-4-7-13(17)15(19)20/h2-3,5-6,10,13H,4,7-9H2,1H3,(H,19,20)/t10?,13-/m0/s1. The molecule has 1 aromatic rings. The van der Waals surface area contributed by atoms with Crippen molar-refractivity contribution < 1.29 is 19.1 Å². The van der Waals surface area contributed by atoms with Crippen LogP contribution in [0.1, 0.15) is 37.7 Å². The zero-order valence-electron chi connectivity index (χ0n) is 11.4. The van der Waals surface area contributed by atoms with Crippen LogP contribution in [0.3, 0.4) is 0 Å². The minimum Gasteiger partial charge on any atom is -0.480 e. The van der Waals surface area contributed by atoms with Crippen molar-refractivity contribution in [3.05, 3.63) is 35.6 Å². The van der Waals surface area contributed by atoms with Crippen molar-refractivity contribution in [3.63, 3.8) is 0 Å². The Bertz CT molecular complexity index is 518. The van der Waals surface area contributed by atoms with Gasteiger partial charge in [-0.25, -0.2) is 9.18 Å². The molecule has 1 fully saturated rings. The first-order chi connectivity index (χ1) is 9.50. The lowest BCUT2D eigenvalue weighted by atomic mass is 9.96. The van der Waals surface area contributed by atoms with Crippen LogP contribution in [-0.2, 0) is 9.59 Å². The highest BCUT2D eigenvalue weighted by Gasteiger charge is 2.34. The number of aliphatic carboxylic acids is 1. The Kier molecular flexibility index (Phi) is 4.37. The Morgan fingerprint density at radius 3 is 2.80 bits per heavy atom. The quantitative estimate of drug-likeness (QED) is 0.920. The molecule has 0 spiro atoms. The van der Waals surface area contributed by atoms with E-state index in [4.69, 9.17) is 5.11 Å². The first kappa shape index (κ1) is 14.5. The summed E-state index contributed by atoms with van der Waals surface area (Å²) in [4.78, 5) is 24.7. The molecule has 0 aromatic heterocycles. The minimum absolute atomic E-state index is 0.130. The molecule has 1 aromatic carbocycles. The normalized spacial score (nSPS) is 19.9. The lowest BCUT2D eigenvalue weighted by molar-refractivity contribution is -0.148. The fourth-order valence-electron chi connectivity index (χ4n) is 2.69. The summed E-state index contributed by atoms with van der Waals surface area (Å²) in [6.07, 6.45) is 1.33. The molecule has 1 amide bonds. The Morgan fingerprint density at radius 2 is 2.15 bits per heavy atom. The van der Waals surface area contributed by atoms with Gasteiger partial charge in [-0.05, 0) is 30.4 Å². The first-order valence-electron chi connectivity index (χ1n) is 6.77. The molecule has 1 aliphatic heterocycles. The van der Waals surface area contributed by atoms with Crippen LogP contribution in [0.4, 0.5) is 4.39 Å². The Morgan fingerprint density at radius 1 is 1.45 bits per heavy atom. The Balaban J connectivity index is 2.04. The molecule has 0 saturated carbocycles. The molecule has 1 saturated heterocycles. The number of carbonyl (C=O) groups excluding carboxylic acids is 1. The van der Waals surface area contributed by atoms with Gasteiger partial charge in [0, 0.05) is 13.0 Å². The number of likely N-dealkylation sites (tertiary alicyclic amines) is 1.